The van der Waals surface area contributed by atoms with Gasteiger partial charge in [-0.15, -0.1) is 0 Å². The molecule has 0 bridgehead atoms. The lowest BCUT2D eigenvalue weighted by Crippen LogP contribution is -2.15. The molecule has 80 valence electrons. The van der Waals surface area contributed by atoms with Crippen molar-refractivity contribution in [2.75, 3.05) is 13.2 Å². The third-order valence-corrected chi connectivity index (χ3v) is 2.77. The van der Waals surface area contributed by atoms with Crippen LogP contribution in [0.2, 0.25) is 0 Å². The van der Waals surface area contributed by atoms with E-state index in [0.717, 1.165) is 22.4 Å². The molecule has 16 heavy (non-hydrogen) atoms. The monoisotopic (exact) mass is 214 g/mol. The number of fused-ring (bicyclic) bond motifs is 2. The van der Waals surface area contributed by atoms with Crippen LogP contribution in [0, 0.1) is 11.3 Å². The van der Waals surface area contributed by atoms with E-state index in [4.69, 9.17) is 14.7 Å². The van der Waals surface area contributed by atoms with Crippen LogP contribution in [-0.2, 0) is 7.05 Å². The van der Waals surface area contributed by atoms with Crippen LogP contribution in [0.4, 0.5) is 0 Å². The predicted octanol–water partition coefficient (Wildman–Crippen LogP) is 1.82. The molecule has 0 spiro atoms. The highest BCUT2D eigenvalue weighted by Crippen LogP contribution is 2.36. The summed E-state index contributed by atoms with van der Waals surface area (Å²) in [5.74, 6) is 1.48. The van der Waals surface area contributed by atoms with Crippen LogP contribution in [0.3, 0.4) is 0 Å². The van der Waals surface area contributed by atoms with Crippen LogP contribution in [-0.4, -0.2) is 17.8 Å². The van der Waals surface area contributed by atoms with E-state index in [0.29, 0.717) is 18.8 Å². The Morgan fingerprint density at radius 3 is 2.62 bits per heavy atom. The first-order valence-corrected chi connectivity index (χ1v) is 5.08. The molecule has 4 nitrogen and oxygen atoms in total. The third kappa shape index (κ3) is 1.15. The Kier molecular flexibility index (Phi) is 1.80. The Morgan fingerprint density at radius 1 is 1.25 bits per heavy atom. The molecule has 2 aromatic rings. The van der Waals surface area contributed by atoms with Crippen molar-refractivity contribution < 1.29 is 9.47 Å². The Balaban J connectivity index is 2.34. The number of hydrogen-bond acceptors (Lipinski definition) is 3. The highest BCUT2D eigenvalue weighted by molar-refractivity contribution is 5.89. The standard InChI is InChI=1S/C12H10N2O2/c1-14-7-8(6-13)9-4-11-12(5-10(9)14)16-3-2-15-11/h4-5,7H,2-3H2,1H3. The normalized spacial score (nSPS) is 13.8. The van der Waals surface area contributed by atoms with E-state index < -0.39 is 0 Å². The Bertz CT molecular complexity index is 607. The second-order valence-electron chi connectivity index (χ2n) is 3.78. The molecule has 0 N–H and O–H groups in total. The van der Waals surface area contributed by atoms with E-state index in [1.165, 1.54) is 0 Å². The van der Waals surface area contributed by atoms with Gasteiger partial charge in [0, 0.05) is 24.7 Å². The molecule has 0 saturated heterocycles. The molecule has 0 radical (unpaired) electrons. The lowest BCUT2D eigenvalue weighted by molar-refractivity contribution is 0.172. The van der Waals surface area contributed by atoms with Crippen LogP contribution in [0.15, 0.2) is 18.3 Å². The molecule has 2 heterocycles. The van der Waals surface area contributed by atoms with Crippen molar-refractivity contribution in [2.24, 2.45) is 7.05 Å². The van der Waals surface area contributed by atoms with Gasteiger partial charge in [0.25, 0.3) is 0 Å². The van der Waals surface area contributed by atoms with Gasteiger partial charge in [-0.3, -0.25) is 0 Å². The van der Waals surface area contributed by atoms with E-state index in [1.807, 2.05) is 29.9 Å². The molecular weight excluding hydrogens is 204 g/mol. The number of rotatable bonds is 0. The molecule has 0 amide bonds. The second-order valence-corrected chi connectivity index (χ2v) is 3.78. The Labute approximate surface area is 92.6 Å². The molecule has 0 unspecified atom stereocenters. The van der Waals surface area contributed by atoms with Gasteiger partial charge in [-0.25, -0.2) is 0 Å². The first kappa shape index (κ1) is 9.10. The van der Waals surface area contributed by atoms with Crippen LogP contribution >= 0.6 is 0 Å². The average Bonchev–Trinajstić information content (AvgIpc) is 2.63. The Morgan fingerprint density at radius 2 is 1.94 bits per heavy atom. The molecule has 0 atom stereocenters. The zero-order valence-corrected chi connectivity index (χ0v) is 8.86. The van der Waals surface area contributed by atoms with Gasteiger partial charge in [0.2, 0.25) is 0 Å². The van der Waals surface area contributed by atoms with E-state index in [9.17, 15) is 0 Å². The maximum Gasteiger partial charge on any atom is 0.163 e. The second kappa shape index (κ2) is 3.17. The van der Waals surface area contributed by atoms with E-state index in [1.54, 1.807) is 0 Å². The van der Waals surface area contributed by atoms with Crippen LogP contribution < -0.4 is 9.47 Å². The van der Waals surface area contributed by atoms with Crippen molar-refractivity contribution in [3.63, 3.8) is 0 Å². The lowest BCUT2D eigenvalue weighted by Gasteiger charge is -2.18. The van der Waals surface area contributed by atoms with Crippen LogP contribution in [0.5, 0.6) is 11.5 Å². The maximum atomic E-state index is 9.02. The number of aromatic nitrogens is 1. The third-order valence-electron chi connectivity index (χ3n) is 2.77. The van der Waals surface area contributed by atoms with Gasteiger partial charge in [0.15, 0.2) is 11.5 Å². The molecule has 1 aromatic heterocycles. The van der Waals surface area contributed by atoms with Crippen LogP contribution in [0.25, 0.3) is 10.9 Å². The maximum absolute atomic E-state index is 9.02. The van der Waals surface area contributed by atoms with Gasteiger partial charge in [-0.05, 0) is 6.07 Å². The highest BCUT2D eigenvalue weighted by Gasteiger charge is 2.16. The van der Waals surface area contributed by atoms with Gasteiger partial charge in [-0.1, -0.05) is 0 Å². The van der Waals surface area contributed by atoms with Crippen molar-refractivity contribution >= 4 is 10.9 Å². The minimum Gasteiger partial charge on any atom is -0.486 e. The summed E-state index contributed by atoms with van der Waals surface area (Å²) in [4.78, 5) is 0. The van der Waals surface area contributed by atoms with E-state index >= 15 is 0 Å². The largest absolute Gasteiger partial charge is 0.486 e. The molecule has 0 fully saturated rings. The van der Waals surface area contributed by atoms with Gasteiger partial charge in [0.05, 0.1) is 11.1 Å². The molecular formula is C12H10N2O2. The quantitative estimate of drug-likeness (QED) is 0.672. The fourth-order valence-electron chi connectivity index (χ4n) is 2.01. The Hall–Kier alpha value is -2.15. The first-order valence-electron chi connectivity index (χ1n) is 5.08. The topological polar surface area (TPSA) is 47.2 Å². The SMILES string of the molecule is Cn1cc(C#N)c2cc3c(cc21)OCCO3. The lowest BCUT2D eigenvalue weighted by atomic mass is 10.1. The minimum absolute atomic E-state index is 0.563. The number of benzene rings is 1. The zero-order valence-electron chi connectivity index (χ0n) is 8.86. The molecule has 3 rings (SSSR count). The fourth-order valence-corrected chi connectivity index (χ4v) is 2.01. The van der Waals surface area contributed by atoms with Crippen molar-refractivity contribution in [2.45, 2.75) is 0 Å². The number of ether oxygens (including phenoxy) is 2. The first-order chi connectivity index (χ1) is 7.79. The number of hydrogen-bond donors (Lipinski definition) is 0. The average molecular weight is 214 g/mol. The van der Waals surface area contributed by atoms with Gasteiger partial charge in [0.1, 0.15) is 19.3 Å². The smallest absolute Gasteiger partial charge is 0.163 e. The predicted molar refractivity (Wildman–Crippen MR) is 58.6 cm³/mol. The van der Waals surface area contributed by atoms with Gasteiger partial charge < -0.3 is 14.0 Å². The minimum atomic E-state index is 0.563. The summed E-state index contributed by atoms with van der Waals surface area (Å²) in [6.07, 6.45) is 1.82. The number of nitriles is 1. The van der Waals surface area contributed by atoms with Gasteiger partial charge >= 0.3 is 0 Å². The zero-order chi connectivity index (χ0) is 11.1. The molecule has 1 aliphatic heterocycles. The van der Waals surface area contributed by atoms with Crippen molar-refractivity contribution in [1.82, 2.24) is 4.57 Å². The van der Waals surface area contributed by atoms with E-state index in [-0.39, 0.29) is 0 Å². The summed E-state index contributed by atoms with van der Waals surface area (Å²) < 4.78 is 12.9. The fraction of sp³-hybridized carbons (Fsp3) is 0.250. The summed E-state index contributed by atoms with van der Waals surface area (Å²) in [6, 6.07) is 5.98. The summed E-state index contributed by atoms with van der Waals surface area (Å²) in [7, 11) is 1.92. The van der Waals surface area contributed by atoms with Crippen molar-refractivity contribution in [3.05, 3.63) is 23.9 Å². The molecule has 4 heteroatoms. The molecule has 1 aromatic carbocycles. The summed E-state index contributed by atoms with van der Waals surface area (Å²) in [5, 5.41) is 9.93. The molecule has 1 aliphatic rings. The number of aryl methyl sites for hydroxylation is 1. The summed E-state index contributed by atoms with van der Waals surface area (Å²) >= 11 is 0. The highest BCUT2D eigenvalue weighted by atomic mass is 16.6. The van der Waals surface area contributed by atoms with Crippen molar-refractivity contribution in [1.29, 1.82) is 5.26 Å². The number of nitrogens with zero attached hydrogens (tertiary/aromatic N) is 2. The van der Waals surface area contributed by atoms with Crippen LogP contribution in [0.1, 0.15) is 5.56 Å². The summed E-state index contributed by atoms with van der Waals surface area (Å²) in [6.45, 7) is 1.14. The molecule has 0 saturated carbocycles. The molecule has 0 aliphatic carbocycles. The van der Waals surface area contributed by atoms with Gasteiger partial charge in [-0.2, -0.15) is 5.26 Å². The van der Waals surface area contributed by atoms with E-state index in [2.05, 4.69) is 6.07 Å². The van der Waals surface area contributed by atoms with Crippen molar-refractivity contribution in [3.8, 4) is 17.6 Å². The summed E-state index contributed by atoms with van der Waals surface area (Å²) in [5.41, 5.74) is 1.65.